The second-order valence-corrected chi connectivity index (χ2v) is 5.14. The van der Waals surface area contributed by atoms with Crippen molar-refractivity contribution in [1.29, 1.82) is 0 Å². The topological polar surface area (TPSA) is 54.0 Å². The Balaban J connectivity index is 2.07. The minimum Gasteiger partial charge on any atom is -0.497 e. The summed E-state index contributed by atoms with van der Waals surface area (Å²) in [4.78, 5) is 16.5. The van der Waals surface area contributed by atoms with Crippen LogP contribution in [-0.2, 0) is 0 Å². The molecule has 0 radical (unpaired) electrons. The van der Waals surface area contributed by atoms with Gasteiger partial charge in [-0.2, -0.15) is 0 Å². The summed E-state index contributed by atoms with van der Waals surface area (Å²) in [6, 6.07) is 5.25. The molecule has 0 aliphatic carbocycles. The van der Waals surface area contributed by atoms with E-state index in [0.717, 1.165) is 32.6 Å². The third-order valence-corrected chi connectivity index (χ3v) is 3.65. The number of amides is 2. The molecule has 1 aromatic carbocycles. The van der Waals surface area contributed by atoms with Crippen LogP contribution in [0.1, 0.15) is 6.42 Å². The molecule has 0 saturated carbocycles. The number of rotatable bonds is 3. The number of likely N-dealkylation sites (N-methyl/N-ethyl adjacent to an activating group) is 1. The number of carbonyl (C=O) groups excluding carboxylic acids is 1. The highest BCUT2D eigenvalue weighted by Gasteiger charge is 2.18. The maximum absolute atomic E-state index is 12.4. The predicted molar refractivity (Wildman–Crippen MR) is 82.3 cm³/mol. The molecule has 6 nitrogen and oxygen atoms in total. The lowest BCUT2D eigenvalue weighted by Crippen LogP contribution is -2.37. The fraction of sp³-hybridized carbons (Fsp3) is 0.533. The molecular weight excluding hydrogens is 270 g/mol. The zero-order valence-electron chi connectivity index (χ0n) is 12.9. The lowest BCUT2D eigenvalue weighted by Gasteiger charge is -2.22. The summed E-state index contributed by atoms with van der Waals surface area (Å²) in [5, 5.41) is 2.91. The first-order chi connectivity index (χ1) is 10.1. The third-order valence-electron chi connectivity index (χ3n) is 3.65. The monoisotopic (exact) mass is 293 g/mol. The standard InChI is InChI=1S/C15H23N3O3/c1-17-7-4-8-18(10-9-17)15(19)16-13-11-12(20-2)5-6-14(13)21-3/h5-6,11H,4,7-10H2,1-3H3,(H,16,19). The quantitative estimate of drug-likeness (QED) is 0.924. The fourth-order valence-corrected chi connectivity index (χ4v) is 2.36. The van der Waals surface area contributed by atoms with Crippen LogP contribution in [0.25, 0.3) is 0 Å². The summed E-state index contributed by atoms with van der Waals surface area (Å²) in [5.41, 5.74) is 0.624. The van der Waals surface area contributed by atoms with E-state index in [1.54, 1.807) is 32.4 Å². The second kappa shape index (κ2) is 7.17. The number of urea groups is 1. The number of anilines is 1. The van der Waals surface area contributed by atoms with Gasteiger partial charge in [0.15, 0.2) is 0 Å². The van der Waals surface area contributed by atoms with E-state index in [0.29, 0.717) is 17.2 Å². The molecular formula is C15H23N3O3. The molecule has 21 heavy (non-hydrogen) atoms. The zero-order valence-corrected chi connectivity index (χ0v) is 12.9. The van der Waals surface area contributed by atoms with E-state index in [2.05, 4.69) is 17.3 Å². The highest BCUT2D eigenvalue weighted by molar-refractivity contribution is 5.91. The molecule has 1 heterocycles. The lowest BCUT2D eigenvalue weighted by atomic mass is 10.2. The van der Waals surface area contributed by atoms with Gasteiger partial charge in [-0.15, -0.1) is 0 Å². The van der Waals surface area contributed by atoms with Crippen molar-refractivity contribution < 1.29 is 14.3 Å². The molecule has 1 fully saturated rings. The van der Waals surface area contributed by atoms with Gasteiger partial charge in [0, 0.05) is 25.7 Å². The molecule has 1 saturated heterocycles. The second-order valence-electron chi connectivity index (χ2n) is 5.14. The number of nitrogens with one attached hydrogen (secondary N) is 1. The van der Waals surface area contributed by atoms with E-state index < -0.39 is 0 Å². The van der Waals surface area contributed by atoms with Gasteiger partial charge in [-0.25, -0.2) is 4.79 Å². The number of hydrogen-bond acceptors (Lipinski definition) is 4. The molecule has 116 valence electrons. The van der Waals surface area contributed by atoms with Crippen LogP contribution in [0.4, 0.5) is 10.5 Å². The van der Waals surface area contributed by atoms with Gasteiger partial charge in [0.1, 0.15) is 11.5 Å². The van der Waals surface area contributed by atoms with Crippen LogP contribution >= 0.6 is 0 Å². The number of benzene rings is 1. The van der Waals surface area contributed by atoms with Gasteiger partial charge in [-0.05, 0) is 32.1 Å². The van der Waals surface area contributed by atoms with Crippen molar-refractivity contribution in [3.63, 3.8) is 0 Å². The Hall–Kier alpha value is -1.95. The van der Waals surface area contributed by atoms with Gasteiger partial charge in [0.05, 0.1) is 19.9 Å². The van der Waals surface area contributed by atoms with Crippen LogP contribution in [0, 0.1) is 0 Å². The Labute approximate surface area is 125 Å². The average Bonchev–Trinajstić information content (AvgIpc) is 2.72. The molecule has 2 amide bonds. The molecule has 0 unspecified atom stereocenters. The van der Waals surface area contributed by atoms with Gasteiger partial charge in [0.2, 0.25) is 0 Å². The van der Waals surface area contributed by atoms with E-state index in [4.69, 9.17) is 9.47 Å². The van der Waals surface area contributed by atoms with Crippen molar-refractivity contribution in [2.45, 2.75) is 6.42 Å². The normalized spacial score (nSPS) is 16.2. The molecule has 2 rings (SSSR count). The molecule has 6 heteroatoms. The Morgan fingerprint density at radius 1 is 1.14 bits per heavy atom. The Bertz CT molecular complexity index is 493. The van der Waals surface area contributed by atoms with E-state index in [9.17, 15) is 4.79 Å². The van der Waals surface area contributed by atoms with Crippen LogP contribution in [0.5, 0.6) is 11.5 Å². The van der Waals surface area contributed by atoms with Crippen LogP contribution in [0.15, 0.2) is 18.2 Å². The van der Waals surface area contributed by atoms with Crippen LogP contribution in [0.3, 0.4) is 0 Å². The number of hydrogen-bond donors (Lipinski definition) is 1. The summed E-state index contributed by atoms with van der Waals surface area (Å²) in [5.74, 6) is 1.30. The summed E-state index contributed by atoms with van der Waals surface area (Å²) < 4.78 is 10.5. The molecule has 1 aliphatic heterocycles. The highest BCUT2D eigenvalue weighted by Crippen LogP contribution is 2.29. The van der Waals surface area contributed by atoms with E-state index in [1.807, 2.05) is 4.90 Å². The van der Waals surface area contributed by atoms with Crippen molar-refractivity contribution >= 4 is 11.7 Å². The predicted octanol–water partition coefficient (Wildman–Crippen LogP) is 1.87. The Kier molecular flexibility index (Phi) is 5.27. The number of ether oxygens (including phenoxy) is 2. The van der Waals surface area contributed by atoms with Crippen molar-refractivity contribution in [1.82, 2.24) is 9.80 Å². The Morgan fingerprint density at radius 2 is 1.95 bits per heavy atom. The fourth-order valence-electron chi connectivity index (χ4n) is 2.36. The summed E-state index contributed by atoms with van der Waals surface area (Å²) in [6.45, 7) is 3.41. The minimum atomic E-state index is -0.100. The number of carbonyl (C=O) groups is 1. The molecule has 0 atom stereocenters. The van der Waals surface area contributed by atoms with Crippen molar-refractivity contribution in [3.05, 3.63) is 18.2 Å². The van der Waals surface area contributed by atoms with Crippen molar-refractivity contribution in [3.8, 4) is 11.5 Å². The van der Waals surface area contributed by atoms with E-state index in [1.165, 1.54) is 0 Å². The SMILES string of the molecule is COc1ccc(OC)c(NC(=O)N2CCCN(C)CC2)c1. The maximum atomic E-state index is 12.4. The Morgan fingerprint density at radius 3 is 2.67 bits per heavy atom. The van der Waals surface area contributed by atoms with E-state index >= 15 is 0 Å². The molecule has 1 aromatic rings. The van der Waals surface area contributed by atoms with Crippen LogP contribution < -0.4 is 14.8 Å². The van der Waals surface area contributed by atoms with Crippen LogP contribution in [0.2, 0.25) is 0 Å². The first-order valence-electron chi connectivity index (χ1n) is 7.10. The van der Waals surface area contributed by atoms with E-state index in [-0.39, 0.29) is 6.03 Å². The van der Waals surface area contributed by atoms with Gasteiger partial charge < -0.3 is 24.6 Å². The summed E-state index contributed by atoms with van der Waals surface area (Å²) in [7, 11) is 5.25. The molecule has 0 spiro atoms. The molecule has 0 bridgehead atoms. The van der Waals surface area contributed by atoms with Gasteiger partial charge >= 0.3 is 6.03 Å². The third kappa shape index (κ3) is 4.01. The lowest BCUT2D eigenvalue weighted by molar-refractivity contribution is 0.213. The summed E-state index contributed by atoms with van der Waals surface area (Å²) >= 11 is 0. The maximum Gasteiger partial charge on any atom is 0.321 e. The van der Waals surface area contributed by atoms with Crippen molar-refractivity contribution in [2.24, 2.45) is 0 Å². The largest absolute Gasteiger partial charge is 0.497 e. The van der Waals surface area contributed by atoms with Gasteiger partial charge in [0.25, 0.3) is 0 Å². The van der Waals surface area contributed by atoms with Gasteiger partial charge in [-0.1, -0.05) is 0 Å². The number of nitrogens with zero attached hydrogens (tertiary/aromatic N) is 2. The first-order valence-corrected chi connectivity index (χ1v) is 7.10. The number of methoxy groups -OCH3 is 2. The smallest absolute Gasteiger partial charge is 0.321 e. The minimum absolute atomic E-state index is 0.100. The first kappa shape index (κ1) is 15.4. The molecule has 1 N–H and O–H groups in total. The highest BCUT2D eigenvalue weighted by atomic mass is 16.5. The van der Waals surface area contributed by atoms with Crippen LogP contribution in [-0.4, -0.2) is 63.3 Å². The summed E-state index contributed by atoms with van der Waals surface area (Å²) in [6.07, 6.45) is 0.985. The molecule has 0 aromatic heterocycles. The zero-order chi connectivity index (χ0) is 15.2. The van der Waals surface area contributed by atoms with Crippen molar-refractivity contribution in [2.75, 3.05) is 52.8 Å². The average molecular weight is 293 g/mol. The molecule has 1 aliphatic rings. The van der Waals surface area contributed by atoms with Gasteiger partial charge in [-0.3, -0.25) is 0 Å².